The van der Waals surface area contributed by atoms with Crippen LogP contribution < -0.4 is 5.73 Å². The molecule has 0 heterocycles. The number of halogens is 1. The molecular formula is C13H20ClN. The van der Waals surface area contributed by atoms with Gasteiger partial charge in [-0.25, -0.2) is 0 Å². The molecule has 0 aromatic heterocycles. The van der Waals surface area contributed by atoms with Crippen LogP contribution in [-0.2, 0) is 25.7 Å². The summed E-state index contributed by atoms with van der Waals surface area (Å²) in [6.45, 7) is 4.45. The van der Waals surface area contributed by atoms with Crippen molar-refractivity contribution in [2.75, 3.05) is 0 Å². The molecule has 1 aliphatic carbocycles. The fraction of sp³-hybridized carbons (Fsp3) is 0.538. The van der Waals surface area contributed by atoms with Gasteiger partial charge in [-0.2, -0.15) is 0 Å². The number of hydrogen-bond acceptors (Lipinski definition) is 1. The molecule has 0 atom stereocenters. The summed E-state index contributed by atoms with van der Waals surface area (Å²) in [5, 5.41) is 0. The molecule has 0 fully saturated rings. The van der Waals surface area contributed by atoms with Crippen molar-refractivity contribution in [3.8, 4) is 0 Å². The highest BCUT2D eigenvalue weighted by atomic mass is 35.5. The molecule has 84 valence electrons. The van der Waals surface area contributed by atoms with E-state index < -0.39 is 0 Å². The molecule has 15 heavy (non-hydrogen) atoms. The van der Waals surface area contributed by atoms with Crippen molar-refractivity contribution in [1.29, 1.82) is 0 Å². The average molecular weight is 226 g/mol. The van der Waals surface area contributed by atoms with E-state index in [-0.39, 0.29) is 12.4 Å². The Morgan fingerprint density at radius 1 is 1.07 bits per heavy atom. The van der Waals surface area contributed by atoms with Crippen LogP contribution in [0.25, 0.3) is 0 Å². The van der Waals surface area contributed by atoms with E-state index in [4.69, 9.17) is 5.73 Å². The minimum Gasteiger partial charge on any atom is -0.327 e. The van der Waals surface area contributed by atoms with E-state index >= 15 is 0 Å². The Morgan fingerprint density at radius 2 is 1.47 bits per heavy atom. The van der Waals surface area contributed by atoms with Crippen LogP contribution in [0.5, 0.6) is 0 Å². The maximum Gasteiger partial charge on any atom is 0.0120 e. The smallest absolute Gasteiger partial charge is 0.0120 e. The van der Waals surface area contributed by atoms with Crippen LogP contribution in [0.4, 0.5) is 0 Å². The Hall–Kier alpha value is -0.530. The van der Waals surface area contributed by atoms with Gasteiger partial charge in [-0.3, -0.25) is 0 Å². The third kappa shape index (κ3) is 2.19. The van der Waals surface area contributed by atoms with Crippen molar-refractivity contribution in [1.82, 2.24) is 0 Å². The molecule has 1 aromatic rings. The predicted octanol–water partition coefficient (Wildman–Crippen LogP) is 2.66. The van der Waals surface area contributed by atoms with E-state index in [1.54, 1.807) is 11.1 Å². The molecule has 1 aliphatic rings. The van der Waals surface area contributed by atoms with E-state index in [0.29, 0.717) is 6.04 Å². The highest BCUT2D eigenvalue weighted by Crippen LogP contribution is 2.28. The highest BCUT2D eigenvalue weighted by molar-refractivity contribution is 5.85. The van der Waals surface area contributed by atoms with Crippen LogP contribution in [0.3, 0.4) is 0 Å². The standard InChI is InChI=1S/C13H19N.ClH/c1-3-9-5-6-10(4-2)13-8-11(14)7-12(9)13;/h5-6,11H,3-4,7-8,14H2,1-2H3;1H. The van der Waals surface area contributed by atoms with Gasteiger partial charge in [-0.05, 0) is 47.9 Å². The Kier molecular flexibility index (Phi) is 4.18. The molecule has 0 spiro atoms. The van der Waals surface area contributed by atoms with E-state index in [1.807, 2.05) is 0 Å². The zero-order valence-electron chi connectivity index (χ0n) is 9.55. The van der Waals surface area contributed by atoms with Gasteiger partial charge in [0.1, 0.15) is 0 Å². The quantitative estimate of drug-likeness (QED) is 0.823. The lowest BCUT2D eigenvalue weighted by Gasteiger charge is -2.10. The van der Waals surface area contributed by atoms with Gasteiger partial charge in [-0.15, -0.1) is 12.4 Å². The molecule has 2 rings (SSSR count). The largest absolute Gasteiger partial charge is 0.327 e. The molecule has 0 saturated heterocycles. The van der Waals surface area contributed by atoms with Gasteiger partial charge in [0.2, 0.25) is 0 Å². The first-order chi connectivity index (χ1) is 6.76. The number of rotatable bonds is 2. The lowest BCUT2D eigenvalue weighted by atomic mass is 9.96. The first kappa shape index (κ1) is 12.5. The molecule has 2 heteroatoms. The van der Waals surface area contributed by atoms with Crippen molar-refractivity contribution in [3.05, 3.63) is 34.4 Å². The Bertz CT molecular complexity index is 314. The summed E-state index contributed by atoms with van der Waals surface area (Å²) in [6, 6.07) is 4.94. The predicted molar refractivity (Wildman–Crippen MR) is 67.8 cm³/mol. The summed E-state index contributed by atoms with van der Waals surface area (Å²) in [5.74, 6) is 0. The molecule has 0 radical (unpaired) electrons. The van der Waals surface area contributed by atoms with E-state index in [1.165, 1.54) is 11.1 Å². The van der Waals surface area contributed by atoms with Crippen molar-refractivity contribution >= 4 is 12.4 Å². The first-order valence-electron chi connectivity index (χ1n) is 5.64. The lowest BCUT2D eigenvalue weighted by molar-refractivity contribution is 0.717. The topological polar surface area (TPSA) is 26.0 Å². The molecule has 1 aromatic carbocycles. The monoisotopic (exact) mass is 225 g/mol. The van der Waals surface area contributed by atoms with Crippen molar-refractivity contribution in [3.63, 3.8) is 0 Å². The zero-order chi connectivity index (χ0) is 10.1. The molecule has 0 amide bonds. The summed E-state index contributed by atoms with van der Waals surface area (Å²) >= 11 is 0. The van der Waals surface area contributed by atoms with Crippen LogP contribution in [-0.4, -0.2) is 6.04 Å². The van der Waals surface area contributed by atoms with Crippen molar-refractivity contribution in [2.45, 2.75) is 45.6 Å². The van der Waals surface area contributed by atoms with Gasteiger partial charge in [0.25, 0.3) is 0 Å². The Morgan fingerprint density at radius 3 is 1.80 bits per heavy atom. The van der Waals surface area contributed by atoms with Gasteiger partial charge in [0.15, 0.2) is 0 Å². The van der Waals surface area contributed by atoms with Crippen LogP contribution in [0.1, 0.15) is 36.1 Å². The molecule has 0 aliphatic heterocycles. The molecular weight excluding hydrogens is 206 g/mol. The van der Waals surface area contributed by atoms with Crippen LogP contribution in [0.15, 0.2) is 12.1 Å². The third-order valence-corrected chi connectivity index (χ3v) is 3.32. The first-order valence-corrected chi connectivity index (χ1v) is 5.64. The van der Waals surface area contributed by atoms with Crippen LogP contribution >= 0.6 is 12.4 Å². The number of hydrogen-bond donors (Lipinski definition) is 1. The van der Waals surface area contributed by atoms with Crippen LogP contribution in [0.2, 0.25) is 0 Å². The number of fused-ring (bicyclic) bond motifs is 1. The normalized spacial score (nSPS) is 14.9. The summed E-state index contributed by atoms with van der Waals surface area (Å²) in [6.07, 6.45) is 4.46. The maximum atomic E-state index is 6.03. The van der Waals surface area contributed by atoms with Crippen molar-refractivity contribution < 1.29 is 0 Å². The van der Waals surface area contributed by atoms with Gasteiger partial charge in [-0.1, -0.05) is 26.0 Å². The average Bonchev–Trinajstić information content (AvgIpc) is 2.57. The van der Waals surface area contributed by atoms with E-state index in [0.717, 1.165) is 25.7 Å². The SMILES string of the molecule is CCc1ccc(CC)c2c1CC(N)C2.Cl. The third-order valence-electron chi connectivity index (χ3n) is 3.32. The summed E-state index contributed by atoms with van der Waals surface area (Å²) in [4.78, 5) is 0. The zero-order valence-corrected chi connectivity index (χ0v) is 10.4. The summed E-state index contributed by atoms with van der Waals surface area (Å²) in [5.41, 5.74) is 12.2. The second-order valence-corrected chi connectivity index (χ2v) is 4.22. The minimum atomic E-state index is 0. The molecule has 0 saturated carbocycles. The fourth-order valence-corrected chi connectivity index (χ4v) is 2.56. The molecule has 2 N–H and O–H groups in total. The fourth-order valence-electron chi connectivity index (χ4n) is 2.56. The highest BCUT2D eigenvalue weighted by Gasteiger charge is 2.22. The second-order valence-electron chi connectivity index (χ2n) is 4.22. The van der Waals surface area contributed by atoms with Crippen molar-refractivity contribution in [2.24, 2.45) is 5.73 Å². The summed E-state index contributed by atoms with van der Waals surface area (Å²) < 4.78 is 0. The molecule has 1 nitrogen and oxygen atoms in total. The Balaban J connectivity index is 0.00000112. The maximum absolute atomic E-state index is 6.03. The lowest BCUT2D eigenvalue weighted by Crippen LogP contribution is -2.19. The molecule has 0 bridgehead atoms. The van der Waals surface area contributed by atoms with E-state index in [9.17, 15) is 0 Å². The number of aryl methyl sites for hydroxylation is 2. The second kappa shape index (κ2) is 5.00. The van der Waals surface area contributed by atoms with E-state index in [2.05, 4.69) is 26.0 Å². The van der Waals surface area contributed by atoms with Gasteiger partial charge in [0.05, 0.1) is 0 Å². The minimum absolute atomic E-state index is 0. The van der Waals surface area contributed by atoms with Gasteiger partial charge >= 0.3 is 0 Å². The van der Waals surface area contributed by atoms with Crippen LogP contribution in [0, 0.1) is 0 Å². The summed E-state index contributed by atoms with van der Waals surface area (Å²) in [7, 11) is 0. The Labute approximate surface area is 98.5 Å². The number of nitrogens with two attached hydrogens (primary N) is 1. The van der Waals surface area contributed by atoms with Gasteiger partial charge < -0.3 is 5.73 Å². The molecule has 0 unspecified atom stereocenters. The number of benzene rings is 1. The van der Waals surface area contributed by atoms with Gasteiger partial charge in [0, 0.05) is 6.04 Å².